The summed E-state index contributed by atoms with van der Waals surface area (Å²) in [5.41, 5.74) is 0. The Labute approximate surface area is 110 Å². The van der Waals surface area contributed by atoms with Crippen LogP contribution >= 0.6 is 0 Å². The lowest BCUT2D eigenvalue weighted by atomic mass is 10.0. The second-order valence-electron chi connectivity index (χ2n) is 5.60. The third-order valence-electron chi connectivity index (χ3n) is 4.44. The maximum atomic E-state index is 11.4. The van der Waals surface area contributed by atoms with Crippen molar-refractivity contribution in [2.75, 3.05) is 33.3 Å². The van der Waals surface area contributed by atoms with E-state index in [4.69, 9.17) is 4.74 Å². The Morgan fingerprint density at radius 3 is 2.56 bits per heavy atom. The van der Waals surface area contributed by atoms with E-state index in [9.17, 15) is 4.79 Å². The highest BCUT2D eigenvalue weighted by Crippen LogP contribution is 2.20. The van der Waals surface area contributed by atoms with Crippen LogP contribution in [0.4, 0.5) is 0 Å². The summed E-state index contributed by atoms with van der Waals surface area (Å²) in [6.45, 7) is 6.84. The molecule has 0 N–H and O–H groups in total. The summed E-state index contributed by atoms with van der Waals surface area (Å²) in [4.78, 5) is 16.3. The molecule has 2 atom stereocenters. The maximum Gasteiger partial charge on any atom is 0.323 e. The molecule has 0 bridgehead atoms. The lowest BCUT2D eigenvalue weighted by molar-refractivity contribution is -0.151. The normalized spacial score (nSPS) is 29.9. The van der Waals surface area contributed by atoms with Crippen LogP contribution in [0.15, 0.2) is 0 Å². The largest absolute Gasteiger partial charge is 0.468 e. The van der Waals surface area contributed by atoms with Gasteiger partial charge in [0.2, 0.25) is 0 Å². The first kappa shape index (κ1) is 13.8. The Bertz CT molecular complexity index is 283. The van der Waals surface area contributed by atoms with Crippen molar-refractivity contribution in [3.8, 4) is 0 Å². The SMILES string of the molecule is COC(=O)C1CCN1CCCN1CCCCC1C. The third kappa shape index (κ3) is 3.23. The van der Waals surface area contributed by atoms with Gasteiger partial charge in [-0.2, -0.15) is 0 Å². The number of carbonyl (C=O) groups is 1. The Morgan fingerprint density at radius 1 is 1.17 bits per heavy atom. The van der Waals surface area contributed by atoms with Gasteiger partial charge in [-0.05, 0) is 45.7 Å². The molecule has 2 unspecified atom stereocenters. The van der Waals surface area contributed by atoms with Crippen molar-refractivity contribution in [1.82, 2.24) is 9.80 Å². The Hall–Kier alpha value is -0.610. The first-order valence-electron chi connectivity index (χ1n) is 7.28. The molecular formula is C14H26N2O2. The molecular weight excluding hydrogens is 228 g/mol. The average molecular weight is 254 g/mol. The lowest BCUT2D eigenvalue weighted by Gasteiger charge is -2.39. The second-order valence-corrected chi connectivity index (χ2v) is 5.60. The zero-order valence-corrected chi connectivity index (χ0v) is 11.7. The molecule has 0 aromatic carbocycles. The summed E-state index contributed by atoms with van der Waals surface area (Å²) in [6.07, 6.45) is 6.20. The summed E-state index contributed by atoms with van der Waals surface area (Å²) in [5, 5.41) is 0. The Balaban J connectivity index is 1.64. The van der Waals surface area contributed by atoms with Crippen LogP contribution in [0, 0.1) is 0 Å². The predicted molar refractivity (Wildman–Crippen MR) is 71.5 cm³/mol. The van der Waals surface area contributed by atoms with Gasteiger partial charge >= 0.3 is 5.97 Å². The van der Waals surface area contributed by atoms with Gasteiger partial charge in [0.25, 0.3) is 0 Å². The monoisotopic (exact) mass is 254 g/mol. The summed E-state index contributed by atoms with van der Waals surface area (Å²) in [5.74, 6) is -0.0624. The number of likely N-dealkylation sites (tertiary alicyclic amines) is 2. The minimum absolute atomic E-state index is 0.0359. The van der Waals surface area contributed by atoms with E-state index in [0.29, 0.717) is 0 Å². The smallest absolute Gasteiger partial charge is 0.323 e. The van der Waals surface area contributed by atoms with Crippen molar-refractivity contribution in [1.29, 1.82) is 0 Å². The molecule has 2 saturated heterocycles. The number of carbonyl (C=O) groups excluding carboxylic acids is 1. The number of piperidine rings is 1. The number of hydrogen-bond acceptors (Lipinski definition) is 4. The van der Waals surface area contributed by atoms with Crippen molar-refractivity contribution < 1.29 is 9.53 Å². The van der Waals surface area contributed by atoms with Crippen molar-refractivity contribution in [2.45, 2.75) is 51.1 Å². The van der Waals surface area contributed by atoms with Crippen LogP contribution in [0.1, 0.15) is 39.0 Å². The summed E-state index contributed by atoms with van der Waals surface area (Å²) in [6, 6.07) is 0.778. The number of ether oxygens (including phenoxy) is 1. The molecule has 0 aromatic rings. The maximum absolute atomic E-state index is 11.4. The van der Waals surface area contributed by atoms with E-state index in [1.807, 2.05) is 0 Å². The summed E-state index contributed by atoms with van der Waals surface area (Å²) >= 11 is 0. The number of methoxy groups -OCH3 is 1. The van der Waals surface area contributed by atoms with E-state index in [1.54, 1.807) is 0 Å². The van der Waals surface area contributed by atoms with E-state index in [-0.39, 0.29) is 12.0 Å². The van der Waals surface area contributed by atoms with Gasteiger partial charge in [-0.3, -0.25) is 9.69 Å². The fraction of sp³-hybridized carbons (Fsp3) is 0.929. The molecule has 104 valence electrons. The van der Waals surface area contributed by atoms with Crippen LogP contribution in [0.2, 0.25) is 0 Å². The molecule has 2 fully saturated rings. The van der Waals surface area contributed by atoms with Crippen molar-refractivity contribution in [3.05, 3.63) is 0 Å². The highest BCUT2D eigenvalue weighted by Gasteiger charge is 2.34. The molecule has 2 heterocycles. The highest BCUT2D eigenvalue weighted by atomic mass is 16.5. The van der Waals surface area contributed by atoms with Gasteiger partial charge in [0.15, 0.2) is 0 Å². The van der Waals surface area contributed by atoms with Gasteiger partial charge in [0, 0.05) is 19.1 Å². The molecule has 2 rings (SSSR count). The van der Waals surface area contributed by atoms with Crippen molar-refractivity contribution in [3.63, 3.8) is 0 Å². The molecule has 4 heteroatoms. The minimum Gasteiger partial charge on any atom is -0.468 e. The lowest BCUT2D eigenvalue weighted by Crippen LogP contribution is -2.53. The van der Waals surface area contributed by atoms with Gasteiger partial charge in [-0.15, -0.1) is 0 Å². The molecule has 0 aromatic heterocycles. The number of rotatable bonds is 5. The van der Waals surface area contributed by atoms with Crippen molar-refractivity contribution in [2.24, 2.45) is 0 Å². The molecule has 0 aliphatic carbocycles. The Kier molecular flexibility index (Phi) is 5.01. The standard InChI is InChI=1S/C14H26N2O2/c1-12-6-3-4-8-15(12)9-5-10-16-11-7-13(16)14(17)18-2/h12-13H,3-11H2,1-2H3. The number of esters is 1. The van der Waals surface area contributed by atoms with E-state index < -0.39 is 0 Å². The quantitative estimate of drug-likeness (QED) is 0.696. The van der Waals surface area contributed by atoms with Crippen LogP contribution in [-0.2, 0) is 9.53 Å². The average Bonchev–Trinajstić information content (AvgIpc) is 2.35. The van der Waals surface area contributed by atoms with Gasteiger partial charge < -0.3 is 9.64 Å². The van der Waals surface area contributed by atoms with Crippen LogP contribution in [0.3, 0.4) is 0 Å². The fourth-order valence-electron chi connectivity index (χ4n) is 3.08. The molecule has 0 radical (unpaired) electrons. The van der Waals surface area contributed by atoms with Crippen LogP contribution < -0.4 is 0 Å². The summed E-state index contributed by atoms with van der Waals surface area (Å²) < 4.78 is 4.81. The summed E-state index contributed by atoms with van der Waals surface area (Å²) in [7, 11) is 1.48. The van der Waals surface area contributed by atoms with Crippen LogP contribution in [0.5, 0.6) is 0 Å². The molecule has 0 spiro atoms. The van der Waals surface area contributed by atoms with Crippen molar-refractivity contribution >= 4 is 5.97 Å². The first-order valence-corrected chi connectivity index (χ1v) is 7.28. The highest BCUT2D eigenvalue weighted by molar-refractivity contribution is 5.76. The van der Waals surface area contributed by atoms with Crippen LogP contribution in [0.25, 0.3) is 0 Å². The van der Waals surface area contributed by atoms with Gasteiger partial charge in [-0.25, -0.2) is 0 Å². The molecule has 4 nitrogen and oxygen atoms in total. The molecule has 2 aliphatic rings. The topological polar surface area (TPSA) is 32.8 Å². The van der Waals surface area contributed by atoms with E-state index in [0.717, 1.165) is 32.0 Å². The third-order valence-corrected chi connectivity index (χ3v) is 4.44. The fourth-order valence-corrected chi connectivity index (χ4v) is 3.08. The van der Waals surface area contributed by atoms with E-state index in [1.165, 1.54) is 39.5 Å². The molecule has 18 heavy (non-hydrogen) atoms. The Morgan fingerprint density at radius 2 is 1.94 bits per heavy atom. The zero-order chi connectivity index (χ0) is 13.0. The first-order chi connectivity index (χ1) is 8.72. The second kappa shape index (κ2) is 6.53. The zero-order valence-electron chi connectivity index (χ0n) is 11.7. The van der Waals surface area contributed by atoms with E-state index >= 15 is 0 Å². The predicted octanol–water partition coefficient (Wildman–Crippen LogP) is 1.50. The van der Waals surface area contributed by atoms with Gasteiger partial charge in [0.05, 0.1) is 7.11 Å². The minimum atomic E-state index is -0.0624. The number of hydrogen-bond donors (Lipinski definition) is 0. The molecule has 0 amide bonds. The van der Waals surface area contributed by atoms with Gasteiger partial charge in [-0.1, -0.05) is 6.42 Å². The molecule has 0 saturated carbocycles. The van der Waals surface area contributed by atoms with Gasteiger partial charge in [0.1, 0.15) is 6.04 Å². The van der Waals surface area contributed by atoms with Crippen LogP contribution in [-0.4, -0.2) is 61.1 Å². The molecule has 2 aliphatic heterocycles. The number of nitrogens with zero attached hydrogens (tertiary/aromatic N) is 2. The van der Waals surface area contributed by atoms with E-state index in [2.05, 4.69) is 16.7 Å².